The van der Waals surface area contributed by atoms with E-state index in [2.05, 4.69) is 49.0 Å². The smallest absolute Gasteiger partial charge is 0.330 e. The number of hydrogen-bond acceptors (Lipinski definition) is 11. The van der Waals surface area contributed by atoms with Crippen LogP contribution in [-0.4, -0.2) is 108 Å². The van der Waals surface area contributed by atoms with Crippen LogP contribution in [0.3, 0.4) is 0 Å². The number of piperidine rings is 1. The van der Waals surface area contributed by atoms with E-state index in [0.29, 0.717) is 45.6 Å². The molecule has 1 aliphatic rings. The summed E-state index contributed by atoms with van der Waals surface area (Å²) < 4.78 is 17.8. The minimum absolute atomic E-state index is 0.185. The minimum atomic E-state index is -0.348. The highest BCUT2D eigenvalue weighted by Crippen LogP contribution is 2.29. The number of hydrogen-bond donors (Lipinski definition) is 2. The van der Waals surface area contributed by atoms with Gasteiger partial charge in [0.25, 0.3) is 0 Å². The molecule has 0 saturated carbocycles. The van der Waals surface area contributed by atoms with Crippen molar-refractivity contribution in [2.24, 2.45) is 0 Å². The number of fused-ring (bicyclic) bond motifs is 1. The molecule has 12 nitrogen and oxygen atoms in total. The number of methoxy groups -OCH3 is 1. The van der Waals surface area contributed by atoms with Gasteiger partial charge in [0.15, 0.2) is 5.65 Å². The Kier molecular flexibility index (Phi) is 14.0. The van der Waals surface area contributed by atoms with Crippen LogP contribution in [0.1, 0.15) is 49.4 Å². The molecule has 3 aromatic heterocycles. The predicted octanol–water partition coefficient (Wildman–Crippen LogP) is 3.28. The predicted molar refractivity (Wildman–Crippen MR) is 175 cm³/mol. The average Bonchev–Trinajstić information content (AvgIpc) is 3.49. The molecule has 246 valence electrons. The van der Waals surface area contributed by atoms with E-state index in [1.54, 1.807) is 6.08 Å². The molecule has 3 aromatic rings. The van der Waals surface area contributed by atoms with Gasteiger partial charge in [0.2, 0.25) is 0 Å². The molecule has 4 rings (SSSR count). The zero-order chi connectivity index (χ0) is 31.9. The molecule has 1 atom stereocenters. The van der Waals surface area contributed by atoms with Crippen LogP contribution in [0, 0.1) is 0 Å². The Balaban J connectivity index is 1.21. The number of anilines is 2. The number of carbonyl (C=O) groups excluding carboxylic acids is 1. The summed E-state index contributed by atoms with van der Waals surface area (Å²) in [6, 6.07) is 6.53. The van der Waals surface area contributed by atoms with Gasteiger partial charge in [-0.15, -0.1) is 0 Å². The van der Waals surface area contributed by atoms with Crippen molar-refractivity contribution in [2.45, 2.75) is 58.0 Å². The number of aryl methyl sites for hydroxylation is 1. The van der Waals surface area contributed by atoms with Crippen LogP contribution >= 0.6 is 0 Å². The van der Waals surface area contributed by atoms with Gasteiger partial charge in [-0.05, 0) is 50.8 Å². The van der Waals surface area contributed by atoms with E-state index in [0.717, 1.165) is 79.3 Å². The van der Waals surface area contributed by atoms with Crippen molar-refractivity contribution in [3.8, 4) is 0 Å². The normalized spacial score (nSPS) is 15.4. The number of likely N-dealkylation sites (N-methyl/N-ethyl adjacent to an activating group) is 1. The van der Waals surface area contributed by atoms with Crippen molar-refractivity contribution < 1.29 is 24.1 Å². The SMILES string of the molecule is CCc1cnn2c(NCc3ccc(CCOCCOCCN(C)C/C=C/C(=O)OC)nc3)cc(N3CCCC[C@H]3CCO)nc12. The van der Waals surface area contributed by atoms with Gasteiger partial charge in [-0.2, -0.15) is 9.61 Å². The highest BCUT2D eigenvalue weighted by molar-refractivity contribution is 5.81. The Bertz CT molecular complexity index is 1350. The van der Waals surface area contributed by atoms with Gasteiger partial charge in [-0.25, -0.2) is 9.78 Å². The first-order chi connectivity index (χ1) is 22.0. The van der Waals surface area contributed by atoms with Crippen molar-refractivity contribution in [3.05, 3.63) is 59.6 Å². The van der Waals surface area contributed by atoms with Gasteiger partial charge in [-0.1, -0.05) is 19.1 Å². The van der Waals surface area contributed by atoms with Crippen LogP contribution in [0.5, 0.6) is 0 Å². The Morgan fingerprint density at radius 1 is 1.18 bits per heavy atom. The summed E-state index contributed by atoms with van der Waals surface area (Å²) in [4.78, 5) is 25.2. The second-order valence-corrected chi connectivity index (χ2v) is 11.3. The monoisotopic (exact) mass is 623 g/mol. The van der Waals surface area contributed by atoms with Crippen LogP contribution in [0.2, 0.25) is 0 Å². The molecule has 2 N–H and O–H groups in total. The molecule has 0 amide bonds. The summed E-state index contributed by atoms with van der Waals surface area (Å²) >= 11 is 0. The Labute approximate surface area is 266 Å². The van der Waals surface area contributed by atoms with E-state index in [1.807, 2.05) is 30.0 Å². The number of ether oxygens (including phenoxy) is 3. The third-order valence-electron chi connectivity index (χ3n) is 8.02. The molecule has 0 aliphatic carbocycles. The van der Waals surface area contributed by atoms with Crippen molar-refractivity contribution in [3.63, 3.8) is 0 Å². The Hall–Kier alpha value is -3.58. The number of pyridine rings is 1. The first-order valence-electron chi connectivity index (χ1n) is 16.0. The molecule has 0 aromatic carbocycles. The fraction of sp³-hybridized carbons (Fsp3) is 0.576. The quantitative estimate of drug-likeness (QED) is 0.116. The molecule has 12 heteroatoms. The van der Waals surface area contributed by atoms with E-state index in [9.17, 15) is 9.90 Å². The van der Waals surface area contributed by atoms with Gasteiger partial charge in [-0.3, -0.25) is 4.98 Å². The molecule has 0 bridgehead atoms. The summed E-state index contributed by atoms with van der Waals surface area (Å²) in [6.45, 7) is 7.51. The number of nitrogens with zero attached hydrogens (tertiary/aromatic N) is 6. The van der Waals surface area contributed by atoms with Gasteiger partial charge in [0, 0.05) is 74.8 Å². The highest BCUT2D eigenvalue weighted by Gasteiger charge is 2.25. The molecule has 0 unspecified atom stereocenters. The molecule has 1 saturated heterocycles. The largest absolute Gasteiger partial charge is 0.466 e. The molecule has 45 heavy (non-hydrogen) atoms. The van der Waals surface area contributed by atoms with Crippen LogP contribution < -0.4 is 10.2 Å². The first-order valence-corrected chi connectivity index (χ1v) is 16.0. The maximum Gasteiger partial charge on any atom is 0.330 e. The second-order valence-electron chi connectivity index (χ2n) is 11.3. The molecular weight excluding hydrogens is 574 g/mol. The number of aliphatic hydroxyl groups excluding tert-OH is 1. The maximum absolute atomic E-state index is 11.1. The molecular formula is C33H49N7O5. The average molecular weight is 624 g/mol. The maximum atomic E-state index is 11.1. The van der Waals surface area contributed by atoms with Gasteiger partial charge >= 0.3 is 5.97 Å². The van der Waals surface area contributed by atoms with E-state index in [4.69, 9.17) is 14.5 Å². The van der Waals surface area contributed by atoms with Crippen LogP contribution in [-0.2, 0) is 38.4 Å². The molecule has 1 fully saturated rings. The van der Waals surface area contributed by atoms with Gasteiger partial charge in [0.1, 0.15) is 11.6 Å². The molecule has 0 spiro atoms. The first kappa shape index (κ1) is 34.3. The minimum Gasteiger partial charge on any atom is -0.466 e. The lowest BCUT2D eigenvalue weighted by Gasteiger charge is -2.36. The number of aliphatic hydroxyl groups is 1. The van der Waals surface area contributed by atoms with E-state index in [-0.39, 0.29) is 12.6 Å². The van der Waals surface area contributed by atoms with Gasteiger partial charge in [0.05, 0.1) is 39.7 Å². The van der Waals surface area contributed by atoms with Crippen LogP contribution in [0.4, 0.5) is 11.6 Å². The number of carbonyl (C=O) groups is 1. The fourth-order valence-electron chi connectivity index (χ4n) is 5.38. The number of nitrogens with one attached hydrogen (secondary N) is 1. The van der Waals surface area contributed by atoms with Gasteiger partial charge < -0.3 is 34.4 Å². The highest BCUT2D eigenvalue weighted by atomic mass is 16.5. The van der Waals surface area contributed by atoms with E-state index >= 15 is 0 Å². The third-order valence-corrected chi connectivity index (χ3v) is 8.02. The lowest BCUT2D eigenvalue weighted by molar-refractivity contribution is -0.134. The Morgan fingerprint density at radius 2 is 2.02 bits per heavy atom. The molecule has 1 aliphatic heterocycles. The molecule has 0 radical (unpaired) electrons. The standard InChI is InChI=1S/C33H49N7O5/c1-4-27-25-36-40-30(22-31(37-33(27)40)39-15-6-5-8-29(39)12-17-41)35-24-26-10-11-28(34-23-26)13-18-44-20-21-45-19-16-38(2)14-7-9-32(42)43-3/h7,9-11,22-23,25,29,35,41H,4-6,8,12-21,24H2,1-3H3/b9-7+/t29-/m0/s1. The summed E-state index contributed by atoms with van der Waals surface area (Å²) in [6.07, 6.45) is 12.7. The second kappa shape index (κ2) is 18.4. The van der Waals surface area contributed by atoms with Crippen LogP contribution in [0.25, 0.3) is 5.65 Å². The number of esters is 1. The van der Waals surface area contributed by atoms with E-state index < -0.39 is 0 Å². The summed E-state index contributed by atoms with van der Waals surface area (Å²) in [5, 5.41) is 17.8. The summed E-state index contributed by atoms with van der Waals surface area (Å²) in [5.74, 6) is 1.48. The fourth-order valence-corrected chi connectivity index (χ4v) is 5.38. The zero-order valence-electron chi connectivity index (χ0n) is 27.0. The van der Waals surface area contributed by atoms with Crippen molar-refractivity contribution >= 4 is 23.3 Å². The van der Waals surface area contributed by atoms with Crippen LogP contribution in [0.15, 0.2) is 42.7 Å². The van der Waals surface area contributed by atoms with Crippen molar-refractivity contribution in [1.29, 1.82) is 0 Å². The number of rotatable bonds is 19. The summed E-state index contributed by atoms with van der Waals surface area (Å²) in [7, 11) is 3.33. The lowest BCUT2D eigenvalue weighted by atomic mass is 9.99. The summed E-state index contributed by atoms with van der Waals surface area (Å²) in [5.41, 5.74) is 4.05. The third kappa shape index (κ3) is 10.5. The Morgan fingerprint density at radius 3 is 2.78 bits per heavy atom. The van der Waals surface area contributed by atoms with Crippen molar-refractivity contribution in [1.82, 2.24) is 24.5 Å². The number of aromatic nitrogens is 4. The zero-order valence-corrected chi connectivity index (χ0v) is 27.0. The topological polar surface area (TPSA) is 127 Å². The van der Waals surface area contributed by atoms with Crippen molar-refractivity contribution in [2.75, 3.05) is 77.0 Å². The molecule has 4 heterocycles. The van der Waals surface area contributed by atoms with E-state index in [1.165, 1.54) is 19.6 Å². The lowest BCUT2D eigenvalue weighted by Crippen LogP contribution is -2.40.